The van der Waals surface area contributed by atoms with Gasteiger partial charge in [-0.3, -0.25) is 4.79 Å². The van der Waals surface area contributed by atoms with Gasteiger partial charge in [-0.15, -0.1) is 0 Å². The average molecular weight is 177 g/mol. The van der Waals surface area contributed by atoms with Crippen molar-refractivity contribution in [2.24, 2.45) is 0 Å². The Morgan fingerprint density at radius 1 is 1.62 bits per heavy atom. The number of nitriles is 1. The van der Waals surface area contributed by atoms with Crippen LogP contribution >= 0.6 is 0 Å². The van der Waals surface area contributed by atoms with Crippen LogP contribution in [0, 0.1) is 11.3 Å². The van der Waals surface area contributed by atoms with Crippen molar-refractivity contribution < 1.29 is 14.6 Å². The Bertz CT molecular complexity index is 379. The zero-order valence-corrected chi connectivity index (χ0v) is 6.94. The number of esters is 1. The maximum atomic E-state index is 10.5. The van der Waals surface area contributed by atoms with E-state index in [-0.39, 0.29) is 11.5 Å². The maximum absolute atomic E-state index is 10.5. The standard InChI is InChI=1S/C9H7NO3/c1-6(11)13-9-4-7(5-10)2-3-8(9)12/h2-4,12H,1H3. The summed E-state index contributed by atoms with van der Waals surface area (Å²) in [5.41, 5.74) is 0.328. The predicted molar refractivity (Wildman–Crippen MR) is 44.1 cm³/mol. The summed E-state index contributed by atoms with van der Waals surface area (Å²) in [6.45, 7) is 1.22. The molecule has 0 bridgehead atoms. The SMILES string of the molecule is CC(=O)Oc1cc(C#N)ccc1O. The first-order chi connectivity index (χ1) is 6.13. The topological polar surface area (TPSA) is 70.3 Å². The van der Waals surface area contributed by atoms with Gasteiger partial charge in [-0.2, -0.15) is 5.26 Å². The predicted octanol–water partition coefficient (Wildman–Crippen LogP) is 1.19. The minimum absolute atomic E-state index is 0.00606. The van der Waals surface area contributed by atoms with Crippen LogP contribution in [0.15, 0.2) is 18.2 Å². The average Bonchev–Trinajstić information content (AvgIpc) is 2.08. The van der Waals surface area contributed by atoms with E-state index in [4.69, 9.17) is 5.26 Å². The van der Waals surface area contributed by atoms with E-state index in [1.807, 2.05) is 6.07 Å². The van der Waals surface area contributed by atoms with Gasteiger partial charge in [0, 0.05) is 13.0 Å². The van der Waals surface area contributed by atoms with Crippen molar-refractivity contribution in [3.05, 3.63) is 23.8 Å². The summed E-state index contributed by atoms with van der Waals surface area (Å²) < 4.78 is 4.65. The van der Waals surface area contributed by atoms with Gasteiger partial charge in [-0.1, -0.05) is 0 Å². The normalized spacial score (nSPS) is 8.92. The van der Waals surface area contributed by atoms with Crippen molar-refractivity contribution in [1.82, 2.24) is 0 Å². The lowest BCUT2D eigenvalue weighted by atomic mass is 10.2. The molecule has 4 nitrogen and oxygen atoms in total. The molecule has 0 unspecified atom stereocenters. The highest BCUT2D eigenvalue weighted by atomic mass is 16.5. The number of rotatable bonds is 1. The quantitative estimate of drug-likeness (QED) is 0.516. The molecule has 0 fully saturated rings. The smallest absolute Gasteiger partial charge is 0.308 e. The van der Waals surface area contributed by atoms with Gasteiger partial charge in [0.15, 0.2) is 11.5 Å². The van der Waals surface area contributed by atoms with Gasteiger partial charge in [0.05, 0.1) is 11.6 Å². The van der Waals surface area contributed by atoms with Crippen molar-refractivity contribution in [2.45, 2.75) is 6.92 Å². The van der Waals surface area contributed by atoms with Gasteiger partial charge in [-0.05, 0) is 12.1 Å². The number of carbonyl (C=O) groups is 1. The summed E-state index contributed by atoms with van der Waals surface area (Å²) in [6, 6.07) is 5.90. The molecule has 1 N–H and O–H groups in total. The number of hydrogen-bond donors (Lipinski definition) is 1. The molecule has 1 rings (SSSR count). The molecule has 0 saturated heterocycles. The third-order valence-electron chi connectivity index (χ3n) is 1.34. The first-order valence-electron chi connectivity index (χ1n) is 3.55. The fourth-order valence-corrected chi connectivity index (χ4v) is 0.820. The number of nitrogens with zero attached hydrogens (tertiary/aromatic N) is 1. The molecule has 0 radical (unpaired) electrons. The van der Waals surface area contributed by atoms with Gasteiger partial charge >= 0.3 is 5.97 Å². The number of benzene rings is 1. The maximum Gasteiger partial charge on any atom is 0.308 e. The molecule has 0 amide bonds. The largest absolute Gasteiger partial charge is 0.504 e. The molecule has 0 saturated carbocycles. The number of ether oxygens (including phenoxy) is 1. The third-order valence-corrected chi connectivity index (χ3v) is 1.34. The first kappa shape index (κ1) is 9.07. The van der Waals surface area contributed by atoms with E-state index < -0.39 is 5.97 Å². The summed E-state index contributed by atoms with van der Waals surface area (Å²) in [5.74, 6) is -0.689. The van der Waals surface area contributed by atoms with Crippen LogP contribution in [-0.4, -0.2) is 11.1 Å². The summed E-state index contributed by atoms with van der Waals surface area (Å²) in [7, 11) is 0. The molecular weight excluding hydrogens is 170 g/mol. The van der Waals surface area contributed by atoms with E-state index in [0.29, 0.717) is 5.56 Å². The van der Waals surface area contributed by atoms with E-state index in [9.17, 15) is 9.90 Å². The Labute approximate surface area is 75.0 Å². The molecule has 0 aliphatic heterocycles. The van der Waals surface area contributed by atoms with Crippen molar-refractivity contribution in [3.8, 4) is 17.6 Å². The van der Waals surface area contributed by atoms with Crippen molar-refractivity contribution >= 4 is 5.97 Å². The van der Waals surface area contributed by atoms with Gasteiger partial charge in [0.25, 0.3) is 0 Å². The third kappa shape index (κ3) is 2.20. The number of carbonyl (C=O) groups excluding carboxylic acids is 1. The van der Waals surface area contributed by atoms with Crippen LogP contribution in [0.25, 0.3) is 0 Å². The van der Waals surface area contributed by atoms with E-state index in [1.165, 1.54) is 25.1 Å². The molecular formula is C9H7NO3. The van der Waals surface area contributed by atoms with Crippen LogP contribution in [0.3, 0.4) is 0 Å². The zero-order valence-electron chi connectivity index (χ0n) is 6.94. The van der Waals surface area contributed by atoms with Crippen LogP contribution in [0.1, 0.15) is 12.5 Å². The van der Waals surface area contributed by atoms with E-state index in [1.54, 1.807) is 0 Å². The lowest BCUT2D eigenvalue weighted by Crippen LogP contribution is -2.01. The Balaban J connectivity index is 3.05. The second-order valence-corrected chi connectivity index (χ2v) is 2.39. The lowest BCUT2D eigenvalue weighted by Gasteiger charge is -2.03. The van der Waals surface area contributed by atoms with Crippen LogP contribution in [0.4, 0.5) is 0 Å². The fourth-order valence-electron chi connectivity index (χ4n) is 0.820. The summed E-state index contributed by atoms with van der Waals surface area (Å²) >= 11 is 0. The Hall–Kier alpha value is -2.02. The number of phenolic OH excluding ortho intramolecular Hbond substituents is 1. The highest BCUT2D eigenvalue weighted by Crippen LogP contribution is 2.26. The molecule has 0 aliphatic rings. The number of phenols is 1. The van der Waals surface area contributed by atoms with Crippen LogP contribution in [-0.2, 0) is 4.79 Å². The molecule has 0 spiro atoms. The first-order valence-corrected chi connectivity index (χ1v) is 3.55. The van der Waals surface area contributed by atoms with Gasteiger partial charge in [0.1, 0.15) is 0 Å². The summed E-state index contributed by atoms with van der Waals surface area (Å²) in [6.07, 6.45) is 0. The van der Waals surface area contributed by atoms with Crippen LogP contribution < -0.4 is 4.74 Å². The number of hydrogen-bond acceptors (Lipinski definition) is 4. The van der Waals surface area contributed by atoms with Gasteiger partial charge in [-0.25, -0.2) is 0 Å². The van der Waals surface area contributed by atoms with Gasteiger partial charge in [0.2, 0.25) is 0 Å². The zero-order chi connectivity index (χ0) is 9.84. The Morgan fingerprint density at radius 2 is 2.31 bits per heavy atom. The van der Waals surface area contributed by atoms with E-state index in [0.717, 1.165) is 0 Å². The second-order valence-electron chi connectivity index (χ2n) is 2.39. The Morgan fingerprint density at radius 3 is 2.85 bits per heavy atom. The molecule has 0 aromatic heterocycles. The van der Waals surface area contributed by atoms with E-state index in [2.05, 4.69) is 4.74 Å². The summed E-state index contributed by atoms with van der Waals surface area (Å²) in [4.78, 5) is 10.5. The molecule has 1 aromatic carbocycles. The molecule has 4 heteroatoms. The molecule has 13 heavy (non-hydrogen) atoms. The highest BCUT2D eigenvalue weighted by molar-refractivity contribution is 5.70. The molecule has 66 valence electrons. The van der Waals surface area contributed by atoms with Gasteiger partial charge < -0.3 is 9.84 Å². The van der Waals surface area contributed by atoms with E-state index >= 15 is 0 Å². The highest BCUT2D eigenvalue weighted by Gasteiger charge is 2.05. The van der Waals surface area contributed by atoms with Crippen molar-refractivity contribution in [3.63, 3.8) is 0 Å². The summed E-state index contributed by atoms with van der Waals surface area (Å²) in [5, 5.41) is 17.7. The molecule has 0 heterocycles. The fraction of sp³-hybridized carbons (Fsp3) is 0.111. The van der Waals surface area contributed by atoms with Crippen LogP contribution in [0.2, 0.25) is 0 Å². The molecule has 0 aliphatic carbocycles. The number of aromatic hydroxyl groups is 1. The lowest BCUT2D eigenvalue weighted by molar-refractivity contribution is -0.132. The van der Waals surface area contributed by atoms with Crippen LogP contribution in [0.5, 0.6) is 11.5 Å². The molecule has 1 aromatic rings. The second kappa shape index (κ2) is 3.59. The van der Waals surface area contributed by atoms with Crippen molar-refractivity contribution in [2.75, 3.05) is 0 Å². The van der Waals surface area contributed by atoms with Crippen molar-refractivity contribution in [1.29, 1.82) is 5.26 Å². The monoisotopic (exact) mass is 177 g/mol. The molecule has 0 atom stereocenters. The Kier molecular flexibility index (Phi) is 2.50. The minimum Gasteiger partial charge on any atom is -0.504 e. The minimum atomic E-state index is -0.537.